The van der Waals surface area contributed by atoms with Crippen LogP contribution in [0.15, 0.2) is 31.1 Å². The summed E-state index contributed by atoms with van der Waals surface area (Å²) in [5, 5.41) is 26.6. The molecule has 34 heavy (non-hydrogen) atoms. The van der Waals surface area contributed by atoms with E-state index >= 15 is 0 Å². The van der Waals surface area contributed by atoms with Gasteiger partial charge in [-0.05, 0) is 6.07 Å². The summed E-state index contributed by atoms with van der Waals surface area (Å²) >= 11 is 0. The van der Waals surface area contributed by atoms with E-state index in [0.717, 1.165) is 11.4 Å². The van der Waals surface area contributed by atoms with Gasteiger partial charge in [-0.15, -0.1) is 0 Å². The van der Waals surface area contributed by atoms with Gasteiger partial charge in [0, 0.05) is 43.7 Å². The Morgan fingerprint density at radius 2 is 2.12 bits per heavy atom. The number of carbonyl (C=O) groups is 1. The van der Waals surface area contributed by atoms with E-state index in [2.05, 4.69) is 25.0 Å². The van der Waals surface area contributed by atoms with Crippen molar-refractivity contribution in [2.45, 2.75) is 37.5 Å². The van der Waals surface area contributed by atoms with Crippen LogP contribution in [0.3, 0.4) is 0 Å². The van der Waals surface area contributed by atoms with Crippen molar-refractivity contribution < 1.29 is 19.7 Å². The summed E-state index contributed by atoms with van der Waals surface area (Å²) in [7, 11) is 1.80. The number of nitrogen functional groups attached to an aromatic ring is 1. The number of nitrogens with two attached hydrogens (primary N) is 1. The van der Waals surface area contributed by atoms with Crippen molar-refractivity contribution in [3.8, 4) is 11.3 Å². The smallest absolute Gasteiger partial charge is 0.254 e. The summed E-state index contributed by atoms with van der Waals surface area (Å²) in [5.41, 5.74) is 9.62. The molecule has 4 atom stereocenters. The quantitative estimate of drug-likeness (QED) is 0.306. The van der Waals surface area contributed by atoms with Crippen molar-refractivity contribution in [3.05, 3.63) is 42.5 Å². The van der Waals surface area contributed by atoms with E-state index in [1.165, 1.54) is 6.33 Å². The molecule has 0 bridgehead atoms. The van der Waals surface area contributed by atoms with E-state index in [4.69, 9.17) is 10.5 Å². The van der Waals surface area contributed by atoms with Gasteiger partial charge in [-0.2, -0.15) is 5.10 Å². The highest BCUT2D eigenvalue weighted by molar-refractivity contribution is 5.99. The molecule has 0 saturated carbocycles. The number of carbonyl (C=O) groups excluding carboxylic acids is 1. The number of rotatable bonds is 3. The second-order valence-electron chi connectivity index (χ2n) is 8.55. The number of ether oxygens (including phenoxy) is 1. The molecule has 0 aromatic carbocycles. The number of aliphatic hydroxyl groups is 2. The van der Waals surface area contributed by atoms with E-state index in [1.54, 1.807) is 39.9 Å². The number of imidazole rings is 1. The van der Waals surface area contributed by atoms with Gasteiger partial charge in [-0.25, -0.2) is 15.0 Å². The normalized spacial score (nSPS) is 24.6. The van der Waals surface area contributed by atoms with E-state index < -0.39 is 30.4 Å². The maximum atomic E-state index is 13.2. The second-order valence-corrected chi connectivity index (χ2v) is 8.55. The number of fused-ring (bicyclic) bond motifs is 2. The Labute approximate surface area is 192 Å². The Morgan fingerprint density at radius 3 is 2.91 bits per heavy atom. The Morgan fingerprint density at radius 1 is 1.26 bits per heavy atom. The third kappa shape index (κ3) is 3.09. The molecule has 6 rings (SSSR count). The standard InChI is InChI=1S/C21H23N9O4/c1-28-4-2-11(27-28)10-6-30(19-14(10)18(22)25-9-26-19)21-16(32)15(31)17(34-21)20(33)29-5-3-12-13(7-29)24-8-23-12/h2,4,6,8-9,15-17,21,31-32H,3,5,7H2,1H3,(H,23,24)(H2,22,25,26)/t15-,16+,17-,21+/m0/s1. The van der Waals surface area contributed by atoms with Gasteiger partial charge < -0.3 is 35.1 Å². The van der Waals surface area contributed by atoms with Crippen molar-refractivity contribution in [1.82, 2.24) is 39.2 Å². The number of H-pyrrole nitrogens is 1. The van der Waals surface area contributed by atoms with Crippen LogP contribution in [0.4, 0.5) is 5.82 Å². The molecule has 4 aromatic heterocycles. The van der Waals surface area contributed by atoms with Crippen molar-refractivity contribution in [1.29, 1.82) is 0 Å². The fraction of sp³-hybridized carbons (Fsp3) is 0.381. The highest BCUT2D eigenvalue weighted by atomic mass is 16.6. The lowest BCUT2D eigenvalue weighted by molar-refractivity contribution is -0.149. The molecule has 2 aliphatic heterocycles. The maximum Gasteiger partial charge on any atom is 0.254 e. The van der Waals surface area contributed by atoms with Crippen molar-refractivity contribution in [3.63, 3.8) is 0 Å². The predicted octanol–water partition coefficient (Wildman–Crippen LogP) is -0.659. The fourth-order valence-electron chi connectivity index (χ4n) is 4.73. The molecule has 1 amide bonds. The summed E-state index contributed by atoms with van der Waals surface area (Å²) in [4.78, 5) is 30.6. The van der Waals surface area contributed by atoms with Gasteiger partial charge in [0.15, 0.2) is 12.3 Å². The number of aromatic nitrogens is 7. The SMILES string of the molecule is Cn1ccc(-c2cn([C@@H]3O[C@H](C(=O)N4CCc5[nH]cnc5C4)[C@@H](O)[C@H]3O)c3ncnc(N)c23)n1. The van der Waals surface area contributed by atoms with E-state index in [1.807, 2.05) is 6.07 Å². The Kier molecular flexibility index (Phi) is 4.65. The minimum atomic E-state index is -1.42. The summed E-state index contributed by atoms with van der Waals surface area (Å²) in [6, 6.07) is 1.82. The molecule has 5 N–H and O–H groups in total. The Balaban J connectivity index is 1.34. The van der Waals surface area contributed by atoms with Gasteiger partial charge in [0.25, 0.3) is 5.91 Å². The number of amides is 1. The first kappa shape index (κ1) is 20.8. The molecule has 13 heteroatoms. The van der Waals surface area contributed by atoms with Crippen LogP contribution >= 0.6 is 0 Å². The molecule has 1 fully saturated rings. The summed E-state index contributed by atoms with van der Waals surface area (Å²) < 4.78 is 9.20. The average molecular weight is 465 g/mol. The molecule has 0 radical (unpaired) electrons. The number of hydrogen-bond donors (Lipinski definition) is 4. The van der Waals surface area contributed by atoms with Gasteiger partial charge in [-0.3, -0.25) is 9.48 Å². The third-order valence-electron chi connectivity index (χ3n) is 6.48. The molecule has 13 nitrogen and oxygen atoms in total. The Hall–Kier alpha value is -3.81. The topological polar surface area (TPSA) is 173 Å². The maximum absolute atomic E-state index is 13.2. The average Bonchev–Trinajstić information content (AvgIpc) is 3.60. The lowest BCUT2D eigenvalue weighted by atomic mass is 10.1. The van der Waals surface area contributed by atoms with Gasteiger partial charge in [-0.1, -0.05) is 0 Å². The lowest BCUT2D eigenvalue weighted by Gasteiger charge is -2.29. The molecule has 6 heterocycles. The first-order valence-electron chi connectivity index (χ1n) is 10.8. The van der Waals surface area contributed by atoms with Gasteiger partial charge in [0.05, 0.1) is 29.6 Å². The van der Waals surface area contributed by atoms with Crippen molar-refractivity contribution in [2.75, 3.05) is 12.3 Å². The highest BCUT2D eigenvalue weighted by Gasteiger charge is 2.49. The first-order chi connectivity index (χ1) is 16.4. The van der Waals surface area contributed by atoms with Gasteiger partial charge >= 0.3 is 0 Å². The van der Waals surface area contributed by atoms with Crippen LogP contribution in [0.2, 0.25) is 0 Å². The summed E-state index contributed by atoms with van der Waals surface area (Å²) in [6.45, 7) is 0.770. The fourth-order valence-corrected chi connectivity index (χ4v) is 4.73. The van der Waals surface area contributed by atoms with Crippen LogP contribution in [0.5, 0.6) is 0 Å². The molecule has 176 valence electrons. The second kappa shape index (κ2) is 7.62. The Bertz CT molecular complexity index is 1390. The zero-order chi connectivity index (χ0) is 23.6. The lowest BCUT2D eigenvalue weighted by Crippen LogP contribution is -2.47. The highest BCUT2D eigenvalue weighted by Crippen LogP contribution is 2.38. The van der Waals surface area contributed by atoms with Crippen LogP contribution < -0.4 is 5.73 Å². The zero-order valence-corrected chi connectivity index (χ0v) is 18.2. The van der Waals surface area contributed by atoms with E-state index in [-0.39, 0.29) is 5.82 Å². The number of aliphatic hydroxyl groups excluding tert-OH is 2. The van der Waals surface area contributed by atoms with Crippen LogP contribution in [-0.2, 0) is 29.5 Å². The number of anilines is 1. The monoisotopic (exact) mass is 465 g/mol. The molecule has 0 unspecified atom stereocenters. The van der Waals surface area contributed by atoms with Crippen molar-refractivity contribution in [2.24, 2.45) is 7.05 Å². The number of nitrogens with one attached hydrogen (secondary N) is 1. The summed E-state index contributed by atoms with van der Waals surface area (Å²) in [6.07, 6.45) is 1.93. The van der Waals surface area contributed by atoms with Gasteiger partial charge in [0.1, 0.15) is 30.0 Å². The number of aromatic amines is 1. The molecular formula is C21H23N9O4. The minimum absolute atomic E-state index is 0.244. The number of nitrogens with zero attached hydrogens (tertiary/aromatic N) is 7. The first-order valence-corrected chi connectivity index (χ1v) is 10.8. The molecule has 0 spiro atoms. The third-order valence-corrected chi connectivity index (χ3v) is 6.48. The van der Waals surface area contributed by atoms with Crippen LogP contribution in [0, 0.1) is 0 Å². The number of aryl methyl sites for hydroxylation is 1. The molecular weight excluding hydrogens is 442 g/mol. The van der Waals surface area contributed by atoms with Crippen LogP contribution in [0.25, 0.3) is 22.3 Å². The largest absolute Gasteiger partial charge is 0.387 e. The molecule has 1 saturated heterocycles. The van der Waals surface area contributed by atoms with Crippen molar-refractivity contribution >= 4 is 22.8 Å². The van der Waals surface area contributed by atoms with Crippen LogP contribution in [0.1, 0.15) is 17.6 Å². The molecule has 4 aromatic rings. The zero-order valence-electron chi connectivity index (χ0n) is 18.2. The van der Waals surface area contributed by atoms with Crippen LogP contribution in [-0.4, -0.2) is 80.2 Å². The van der Waals surface area contributed by atoms with E-state index in [9.17, 15) is 15.0 Å². The minimum Gasteiger partial charge on any atom is -0.387 e. The van der Waals surface area contributed by atoms with E-state index in [0.29, 0.717) is 41.8 Å². The summed E-state index contributed by atoms with van der Waals surface area (Å²) in [5.74, 6) is -0.161. The molecule has 0 aliphatic carbocycles. The predicted molar refractivity (Wildman–Crippen MR) is 118 cm³/mol. The molecule has 2 aliphatic rings. The van der Waals surface area contributed by atoms with Gasteiger partial charge in [0.2, 0.25) is 0 Å². The number of hydrogen-bond acceptors (Lipinski definition) is 9.